The molecule has 12 heavy (non-hydrogen) atoms. The second-order valence-corrected chi connectivity index (χ2v) is 1.34. The molecule has 84 valence electrons. The van der Waals surface area contributed by atoms with Gasteiger partial charge in [-0.3, -0.25) is 9.11 Å². The summed E-state index contributed by atoms with van der Waals surface area (Å²) in [7, 11) is -4.67. The molecule has 14 N–H and O–H groups in total. The zero-order valence-electron chi connectivity index (χ0n) is 7.83. The third-order valence-electron chi connectivity index (χ3n) is 0. The van der Waals surface area contributed by atoms with E-state index >= 15 is 0 Å². The summed E-state index contributed by atoms with van der Waals surface area (Å²) in [5, 5.41) is 0. The maximum atomic E-state index is 8.74. The number of hydrogen-bond donors (Lipinski definition) is 2. The van der Waals surface area contributed by atoms with Crippen LogP contribution < -0.4 is 0 Å². The molecule has 0 atom stereocenters. The molecule has 0 aromatic carbocycles. The summed E-state index contributed by atoms with van der Waals surface area (Å²) in [6.07, 6.45) is 0. The molecule has 0 fully saturated rings. The Balaban J connectivity index is -0.00000000222. The molecule has 0 aromatic heterocycles. The van der Waals surface area contributed by atoms with Gasteiger partial charge in [-0.15, -0.1) is 0 Å². The minimum atomic E-state index is -4.67. The van der Waals surface area contributed by atoms with E-state index in [4.69, 9.17) is 17.5 Å². The van der Waals surface area contributed by atoms with Crippen molar-refractivity contribution in [2.45, 2.75) is 0 Å². The van der Waals surface area contributed by atoms with Gasteiger partial charge in [0.2, 0.25) is 0 Å². The van der Waals surface area contributed by atoms with Crippen molar-refractivity contribution in [1.82, 2.24) is 0 Å². The Morgan fingerprint density at radius 3 is 0.750 bits per heavy atom. The SMILES string of the molecule is O.O.O.O.O.O.O=S(=O)(O)O.[H-].[H-].[Mg+2]. The third-order valence-corrected chi connectivity index (χ3v) is 0. The first-order valence-corrected chi connectivity index (χ1v) is 2.10. The Morgan fingerprint density at radius 1 is 0.750 bits per heavy atom. The van der Waals surface area contributed by atoms with Crippen molar-refractivity contribution in [3.63, 3.8) is 0 Å². The first kappa shape index (κ1) is 83.3. The van der Waals surface area contributed by atoms with Crippen LogP contribution in [0.1, 0.15) is 2.85 Å². The molecule has 0 amide bonds. The summed E-state index contributed by atoms with van der Waals surface area (Å²) in [4.78, 5) is 0. The molecule has 0 saturated carbocycles. The van der Waals surface area contributed by atoms with E-state index in [9.17, 15) is 0 Å². The van der Waals surface area contributed by atoms with Gasteiger partial charge in [0.15, 0.2) is 0 Å². The zero-order chi connectivity index (χ0) is 4.50. The fourth-order valence-electron chi connectivity index (χ4n) is 0. The molecule has 0 spiro atoms. The molecule has 0 aliphatic rings. The van der Waals surface area contributed by atoms with Crippen LogP contribution in [-0.2, 0) is 10.4 Å². The van der Waals surface area contributed by atoms with Crippen molar-refractivity contribution in [1.29, 1.82) is 0 Å². The smallest absolute Gasteiger partial charge is 1.00 e. The van der Waals surface area contributed by atoms with Crippen LogP contribution in [0.25, 0.3) is 0 Å². The van der Waals surface area contributed by atoms with Crippen LogP contribution in [0.15, 0.2) is 0 Å². The van der Waals surface area contributed by atoms with Crippen LogP contribution in [-0.4, -0.2) is 73.4 Å². The van der Waals surface area contributed by atoms with Gasteiger partial charge in [0.05, 0.1) is 0 Å². The van der Waals surface area contributed by atoms with E-state index in [2.05, 4.69) is 0 Å². The Kier molecular flexibility index (Phi) is 209. The van der Waals surface area contributed by atoms with Crippen LogP contribution in [0.4, 0.5) is 0 Å². The normalized spacial score (nSPS) is 4.83. The predicted octanol–water partition coefficient (Wildman–Crippen LogP) is -5.76. The maximum Gasteiger partial charge on any atom is 2.00 e. The van der Waals surface area contributed by atoms with Gasteiger partial charge in [0, 0.05) is 0 Å². The topological polar surface area (TPSA) is 264 Å². The molecule has 0 bridgehead atoms. The fraction of sp³-hybridized carbons (Fsp3) is 0. The second kappa shape index (κ2) is 30.1. The van der Waals surface area contributed by atoms with Crippen molar-refractivity contribution < 1.29 is 53.2 Å². The molecule has 10 nitrogen and oxygen atoms in total. The molecule has 0 heterocycles. The fourth-order valence-corrected chi connectivity index (χ4v) is 0. The van der Waals surface area contributed by atoms with Crippen molar-refractivity contribution in [3.8, 4) is 0 Å². The largest absolute Gasteiger partial charge is 2.00 e. The zero-order valence-corrected chi connectivity index (χ0v) is 8.06. The summed E-state index contributed by atoms with van der Waals surface area (Å²) in [5.74, 6) is 0. The second-order valence-electron chi connectivity index (χ2n) is 0.448. The Morgan fingerprint density at radius 2 is 0.750 bits per heavy atom. The van der Waals surface area contributed by atoms with E-state index in [1.807, 2.05) is 0 Å². The molecule has 0 saturated heterocycles. The van der Waals surface area contributed by atoms with E-state index in [0.29, 0.717) is 0 Å². The first-order valence-electron chi connectivity index (χ1n) is 0.698. The first-order chi connectivity index (χ1) is 2.00. The van der Waals surface area contributed by atoms with Gasteiger partial charge in [0.1, 0.15) is 0 Å². The van der Waals surface area contributed by atoms with Gasteiger partial charge in [-0.25, -0.2) is 0 Å². The monoisotopic (exact) mass is 232 g/mol. The molecule has 12 heteroatoms. The standard InChI is InChI=1S/Mg.H2O4S.6H2O.2H/c;1-5(2,3)4;;;;;;;;/h;(H2,1,2,3,4);6*1H2;;/q+2;;;;;;;;2*-1. The summed E-state index contributed by atoms with van der Waals surface area (Å²) >= 11 is 0. The van der Waals surface area contributed by atoms with Gasteiger partial charge >= 0.3 is 33.5 Å². The molecule has 0 aliphatic carbocycles. The summed E-state index contributed by atoms with van der Waals surface area (Å²) in [6.45, 7) is 0. The van der Waals surface area contributed by atoms with Crippen molar-refractivity contribution in [3.05, 3.63) is 0 Å². The summed E-state index contributed by atoms with van der Waals surface area (Å²) < 4.78 is 31.6. The Labute approximate surface area is 87.1 Å². The molecule has 0 aliphatic heterocycles. The van der Waals surface area contributed by atoms with Gasteiger partial charge in [0.25, 0.3) is 0 Å². The molecule has 0 rings (SSSR count). The van der Waals surface area contributed by atoms with Crippen molar-refractivity contribution in [2.24, 2.45) is 0 Å². The average Bonchev–Trinajstić information content (AvgIpc) is 0.722. The van der Waals surface area contributed by atoms with Gasteiger partial charge in [-0.1, -0.05) is 0 Å². The van der Waals surface area contributed by atoms with E-state index < -0.39 is 10.4 Å². The molecule has 0 aromatic rings. The van der Waals surface area contributed by atoms with E-state index in [-0.39, 0.29) is 58.8 Å². The maximum absolute atomic E-state index is 8.74. The summed E-state index contributed by atoms with van der Waals surface area (Å²) in [5.41, 5.74) is 0. The van der Waals surface area contributed by atoms with Crippen molar-refractivity contribution in [2.75, 3.05) is 0 Å². The van der Waals surface area contributed by atoms with Crippen LogP contribution in [0.5, 0.6) is 0 Å². The molecular weight excluding hydrogens is 216 g/mol. The minimum absolute atomic E-state index is 0. The predicted molar refractivity (Wildman–Crippen MR) is 43.8 cm³/mol. The molecule has 0 unspecified atom stereocenters. The number of hydrogen-bond acceptors (Lipinski definition) is 2. The van der Waals surface area contributed by atoms with Crippen LogP contribution in [0.2, 0.25) is 0 Å². The summed E-state index contributed by atoms with van der Waals surface area (Å²) in [6, 6.07) is 0. The quantitative estimate of drug-likeness (QED) is 0.305. The minimum Gasteiger partial charge on any atom is -1.00 e. The van der Waals surface area contributed by atoms with Crippen LogP contribution in [0.3, 0.4) is 0 Å². The third kappa shape index (κ3) is 5850. The van der Waals surface area contributed by atoms with Gasteiger partial charge in [-0.05, 0) is 0 Å². The van der Waals surface area contributed by atoms with E-state index in [1.165, 1.54) is 0 Å². The van der Waals surface area contributed by atoms with E-state index in [1.54, 1.807) is 0 Å². The van der Waals surface area contributed by atoms with E-state index in [0.717, 1.165) is 0 Å². The number of rotatable bonds is 0. The van der Waals surface area contributed by atoms with Crippen molar-refractivity contribution >= 4 is 33.5 Å². The Hall–Kier alpha value is 0.396. The average molecular weight is 232 g/mol. The molecule has 0 radical (unpaired) electrons. The van der Waals surface area contributed by atoms with Gasteiger partial charge in [-0.2, -0.15) is 8.42 Å². The van der Waals surface area contributed by atoms with Gasteiger partial charge < -0.3 is 35.7 Å². The van der Waals surface area contributed by atoms with Crippen LogP contribution in [0, 0.1) is 0 Å². The Bertz CT molecular complexity index is 101. The molecular formula is H16MgO10S. The van der Waals surface area contributed by atoms with Crippen LogP contribution >= 0.6 is 0 Å².